The van der Waals surface area contributed by atoms with Crippen LogP contribution in [0.3, 0.4) is 0 Å². The number of nitrogens with zero attached hydrogens (tertiary/aromatic N) is 6. The molecule has 3 rings (SSSR count). The van der Waals surface area contributed by atoms with Gasteiger partial charge in [0.1, 0.15) is 5.52 Å². The van der Waals surface area contributed by atoms with Crippen molar-refractivity contribution in [1.82, 2.24) is 29.4 Å². The van der Waals surface area contributed by atoms with Gasteiger partial charge in [-0.1, -0.05) is 0 Å². The molecule has 8 nitrogen and oxygen atoms in total. The number of anilines is 1. The quantitative estimate of drug-likeness (QED) is 0.750. The van der Waals surface area contributed by atoms with Crippen molar-refractivity contribution in [3.63, 3.8) is 0 Å². The zero-order valence-corrected chi connectivity index (χ0v) is 15.1. The van der Waals surface area contributed by atoms with Gasteiger partial charge in [0.15, 0.2) is 5.82 Å². The average molecular weight is 341 g/mol. The van der Waals surface area contributed by atoms with E-state index < -0.39 is 0 Å². The van der Waals surface area contributed by atoms with E-state index in [1.807, 2.05) is 33.5 Å². The lowest BCUT2D eigenvalue weighted by Gasteiger charge is -2.30. The van der Waals surface area contributed by atoms with Gasteiger partial charge in [-0.3, -0.25) is 14.5 Å². The molecular formula is C17H23N7O. The van der Waals surface area contributed by atoms with E-state index in [2.05, 4.69) is 32.3 Å². The van der Waals surface area contributed by atoms with E-state index in [-0.39, 0.29) is 17.6 Å². The topological polar surface area (TPSA) is 80.9 Å². The molecule has 0 bridgehead atoms. The minimum absolute atomic E-state index is 0.0226. The molecule has 0 saturated carbocycles. The molecule has 3 aromatic rings. The lowest BCUT2D eigenvalue weighted by Crippen LogP contribution is -2.35. The first-order chi connectivity index (χ1) is 11.9. The summed E-state index contributed by atoms with van der Waals surface area (Å²) < 4.78 is 3.13. The van der Waals surface area contributed by atoms with Crippen molar-refractivity contribution in [3.05, 3.63) is 46.6 Å². The van der Waals surface area contributed by atoms with E-state index >= 15 is 0 Å². The zero-order valence-electron chi connectivity index (χ0n) is 15.1. The van der Waals surface area contributed by atoms with Crippen LogP contribution in [-0.2, 0) is 14.1 Å². The van der Waals surface area contributed by atoms with Gasteiger partial charge in [-0.15, -0.1) is 0 Å². The van der Waals surface area contributed by atoms with Gasteiger partial charge < -0.3 is 10.2 Å². The van der Waals surface area contributed by atoms with Crippen molar-refractivity contribution in [3.8, 4) is 0 Å². The van der Waals surface area contributed by atoms with Crippen LogP contribution in [0.15, 0.2) is 35.5 Å². The molecule has 0 aliphatic rings. The Hall–Kier alpha value is -2.74. The predicted octanol–water partition coefficient (Wildman–Crippen LogP) is 1.17. The molecule has 0 aliphatic heterocycles. The lowest BCUT2D eigenvalue weighted by atomic mass is 10.0. The molecule has 0 aromatic carbocycles. The van der Waals surface area contributed by atoms with Gasteiger partial charge in [0.25, 0.3) is 5.56 Å². The van der Waals surface area contributed by atoms with Crippen LogP contribution in [0, 0.1) is 0 Å². The average Bonchev–Trinajstić information content (AvgIpc) is 2.98. The summed E-state index contributed by atoms with van der Waals surface area (Å²) in [7, 11) is 7.61. The molecule has 2 atom stereocenters. The fraction of sp³-hybridized carbons (Fsp3) is 0.412. The predicted molar refractivity (Wildman–Crippen MR) is 97.5 cm³/mol. The monoisotopic (exact) mass is 341 g/mol. The van der Waals surface area contributed by atoms with Crippen molar-refractivity contribution in [2.75, 3.05) is 19.4 Å². The largest absolute Gasteiger partial charge is 0.362 e. The summed E-state index contributed by atoms with van der Waals surface area (Å²) in [6, 6.07) is 3.64. The van der Waals surface area contributed by atoms with E-state index in [1.54, 1.807) is 30.1 Å². The van der Waals surface area contributed by atoms with Crippen LogP contribution in [0.1, 0.15) is 18.5 Å². The normalized spacial score (nSPS) is 14.0. The summed E-state index contributed by atoms with van der Waals surface area (Å²) in [6.07, 6.45) is 5.55. The maximum Gasteiger partial charge on any atom is 0.276 e. The first kappa shape index (κ1) is 17.1. The molecule has 0 spiro atoms. The third kappa shape index (κ3) is 3.25. The Balaban J connectivity index is 2.00. The van der Waals surface area contributed by atoms with Gasteiger partial charge in [-0.25, -0.2) is 4.68 Å². The molecule has 132 valence electrons. The van der Waals surface area contributed by atoms with Gasteiger partial charge >= 0.3 is 0 Å². The van der Waals surface area contributed by atoms with Crippen molar-refractivity contribution in [2.24, 2.45) is 14.1 Å². The Labute approximate surface area is 146 Å². The van der Waals surface area contributed by atoms with Gasteiger partial charge in [0.2, 0.25) is 0 Å². The highest BCUT2D eigenvalue weighted by atomic mass is 16.1. The molecule has 0 aliphatic carbocycles. The second-order valence-corrected chi connectivity index (χ2v) is 6.47. The third-order valence-electron chi connectivity index (χ3n) is 4.27. The highest BCUT2D eigenvalue weighted by molar-refractivity contribution is 5.87. The number of aromatic nitrogens is 5. The second-order valence-electron chi connectivity index (χ2n) is 6.47. The van der Waals surface area contributed by atoms with Crippen LogP contribution in [0.4, 0.5) is 5.82 Å². The summed E-state index contributed by atoms with van der Waals surface area (Å²) in [4.78, 5) is 18.7. The van der Waals surface area contributed by atoms with Gasteiger partial charge in [-0.2, -0.15) is 10.2 Å². The molecule has 8 heteroatoms. The summed E-state index contributed by atoms with van der Waals surface area (Å²) >= 11 is 0. The second kappa shape index (κ2) is 6.64. The molecule has 0 saturated heterocycles. The lowest BCUT2D eigenvalue weighted by molar-refractivity contribution is 0.275. The van der Waals surface area contributed by atoms with E-state index in [1.165, 1.54) is 4.68 Å². The van der Waals surface area contributed by atoms with Crippen molar-refractivity contribution >= 4 is 16.7 Å². The molecule has 0 amide bonds. The Bertz CT molecular complexity index is 944. The number of aryl methyl sites for hydroxylation is 2. The summed E-state index contributed by atoms with van der Waals surface area (Å²) in [5.74, 6) is 0.598. The number of nitrogens with one attached hydrogen (secondary N) is 1. The van der Waals surface area contributed by atoms with Gasteiger partial charge in [0.05, 0.1) is 17.6 Å². The van der Waals surface area contributed by atoms with Crippen LogP contribution in [-0.4, -0.2) is 49.6 Å². The third-order valence-corrected chi connectivity index (χ3v) is 4.27. The van der Waals surface area contributed by atoms with E-state index in [4.69, 9.17) is 0 Å². The molecule has 25 heavy (non-hydrogen) atoms. The van der Waals surface area contributed by atoms with Crippen molar-refractivity contribution in [1.29, 1.82) is 0 Å². The first-order valence-electron chi connectivity index (χ1n) is 8.12. The van der Waals surface area contributed by atoms with Crippen LogP contribution in [0.2, 0.25) is 0 Å². The summed E-state index contributed by atoms with van der Waals surface area (Å²) in [5, 5.41) is 12.6. The summed E-state index contributed by atoms with van der Waals surface area (Å²) in [6.45, 7) is 2.08. The van der Waals surface area contributed by atoms with Crippen LogP contribution >= 0.6 is 0 Å². The Morgan fingerprint density at radius 2 is 2.04 bits per heavy atom. The molecule has 3 heterocycles. The molecule has 1 N–H and O–H groups in total. The molecule has 0 fully saturated rings. The molecule has 3 aromatic heterocycles. The Kier molecular flexibility index (Phi) is 4.54. The molecule has 0 radical (unpaired) electrons. The van der Waals surface area contributed by atoms with Crippen molar-refractivity contribution < 1.29 is 0 Å². The van der Waals surface area contributed by atoms with Crippen LogP contribution in [0.5, 0.6) is 0 Å². The minimum atomic E-state index is -0.155. The zero-order chi connectivity index (χ0) is 18.1. The maximum absolute atomic E-state index is 12.2. The highest BCUT2D eigenvalue weighted by Gasteiger charge is 2.24. The highest BCUT2D eigenvalue weighted by Crippen LogP contribution is 2.25. The van der Waals surface area contributed by atoms with E-state index in [0.29, 0.717) is 16.7 Å². The Morgan fingerprint density at radius 3 is 2.68 bits per heavy atom. The van der Waals surface area contributed by atoms with E-state index in [9.17, 15) is 4.79 Å². The molecular weight excluding hydrogens is 318 g/mol. The molecule has 0 unspecified atom stereocenters. The van der Waals surface area contributed by atoms with E-state index in [0.717, 1.165) is 5.56 Å². The van der Waals surface area contributed by atoms with Gasteiger partial charge in [0, 0.05) is 38.1 Å². The fourth-order valence-corrected chi connectivity index (χ4v) is 3.20. The number of hydrogen-bond donors (Lipinski definition) is 1. The first-order valence-corrected chi connectivity index (χ1v) is 8.12. The number of fused-ring (bicyclic) bond motifs is 1. The minimum Gasteiger partial charge on any atom is -0.362 e. The number of rotatable bonds is 5. The van der Waals surface area contributed by atoms with Crippen LogP contribution < -0.4 is 10.9 Å². The summed E-state index contributed by atoms with van der Waals surface area (Å²) in [5.41, 5.74) is 1.54. The van der Waals surface area contributed by atoms with Crippen molar-refractivity contribution in [2.45, 2.75) is 19.0 Å². The SMILES string of the molecule is C[C@H](Nc1nn(C)c(=O)c2cccnc12)[C@H](c1cnn(C)c1)N(C)C. The smallest absolute Gasteiger partial charge is 0.276 e. The standard InChI is InChI=1S/C17H23N7O/c1-11(15(22(2)3)12-9-19-23(4)10-12)20-16-14-13(7-6-8-18-14)17(25)24(5)21-16/h6-11,15H,1-5H3,(H,20,21)/t11-,15+/m0/s1. The maximum atomic E-state index is 12.2. The number of pyridine rings is 1. The Morgan fingerprint density at radius 1 is 1.28 bits per heavy atom. The number of likely N-dealkylation sites (N-methyl/N-ethyl adjacent to an activating group) is 1. The van der Waals surface area contributed by atoms with Gasteiger partial charge in [-0.05, 0) is 33.2 Å². The number of hydrogen-bond acceptors (Lipinski definition) is 6. The fourth-order valence-electron chi connectivity index (χ4n) is 3.20. The van der Waals surface area contributed by atoms with Crippen LogP contribution in [0.25, 0.3) is 10.9 Å².